The summed E-state index contributed by atoms with van der Waals surface area (Å²) in [7, 11) is 0. The van der Waals surface area contributed by atoms with Crippen molar-refractivity contribution in [3.05, 3.63) is 55.8 Å². The number of rotatable bonds is 3. The first kappa shape index (κ1) is 11.6. The molecular weight excluding hydrogens is 383 g/mol. The van der Waals surface area contributed by atoms with Crippen molar-refractivity contribution in [3.8, 4) is 0 Å². The summed E-state index contributed by atoms with van der Waals surface area (Å²) < 4.78 is 1.29. The molecule has 2 aromatic rings. The highest BCUT2D eigenvalue weighted by molar-refractivity contribution is 14.1. The average Bonchev–Trinajstić information content (AvgIpc) is 2.70. The Morgan fingerprint density at radius 1 is 1.33 bits per heavy atom. The maximum Gasteiger partial charge on any atom is 0.0436 e. The van der Waals surface area contributed by atoms with E-state index < -0.39 is 0 Å². The quantitative estimate of drug-likeness (QED) is 0.507. The van der Waals surface area contributed by atoms with Crippen LogP contribution >= 0.6 is 49.9 Å². The van der Waals surface area contributed by atoms with Gasteiger partial charge in [0, 0.05) is 8.40 Å². The molecule has 0 N–H and O–H groups in total. The Morgan fingerprint density at radius 3 is 2.87 bits per heavy atom. The van der Waals surface area contributed by atoms with E-state index in [0.717, 1.165) is 6.42 Å². The van der Waals surface area contributed by atoms with Crippen molar-refractivity contribution in [2.24, 2.45) is 0 Å². The zero-order chi connectivity index (χ0) is 10.7. The molecule has 0 amide bonds. The van der Waals surface area contributed by atoms with Crippen LogP contribution in [0.2, 0.25) is 0 Å². The molecule has 0 radical (unpaired) electrons. The maximum absolute atomic E-state index is 3.74. The van der Waals surface area contributed by atoms with Crippen LogP contribution in [0.1, 0.15) is 16.0 Å². The molecule has 0 bridgehead atoms. The van der Waals surface area contributed by atoms with Gasteiger partial charge < -0.3 is 0 Å². The Bertz CT molecular complexity index is 425. The molecule has 1 atom stereocenters. The van der Waals surface area contributed by atoms with Crippen molar-refractivity contribution in [1.29, 1.82) is 0 Å². The molecule has 1 aromatic heterocycles. The van der Waals surface area contributed by atoms with Gasteiger partial charge in [-0.1, -0.05) is 28.1 Å². The van der Waals surface area contributed by atoms with Crippen LogP contribution < -0.4 is 0 Å². The highest BCUT2D eigenvalue weighted by Crippen LogP contribution is 2.28. The number of hydrogen-bond donors (Lipinski definition) is 0. The lowest BCUT2D eigenvalue weighted by Crippen LogP contribution is -1.94. The minimum atomic E-state index is 0.418. The lowest BCUT2D eigenvalue weighted by molar-refractivity contribution is 0.953. The largest absolute Gasteiger partial charge is 0.152 e. The van der Waals surface area contributed by atoms with E-state index in [-0.39, 0.29) is 0 Å². The molecule has 0 saturated heterocycles. The molecule has 0 saturated carbocycles. The third-order valence-electron chi connectivity index (χ3n) is 2.21. The van der Waals surface area contributed by atoms with Crippen molar-refractivity contribution < 1.29 is 0 Å². The summed E-state index contributed by atoms with van der Waals surface area (Å²) >= 11 is 7.85. The van der Waals surface area contributed by atoms with Gasteiger partial charge in [0.15, 0.2) is 0 Å². The molecule has 0 fully saturated rings. The number of benzene rings is 1. The molecule has 1 unspecified atom stereocenters. The highest BCUT2D eigenvalue weighted by atomic mass is 127. The summed E-state index contributed by atoms with van der Waals surface area (Å²) in [6.45, 7) is 0. The molecule has 2 rings (SSSR count). The average molecular weight is 393 g/mol. The van der Waals surface area contributed by atoms with Gasteiger partial charge in [0.1, 0.15) is 0 Å². The van der Waals surface area contributed by atoms with Crippen molar-refractivity contribution in [2.75, 3.05) is 0 Å². The third kappa shape index (κ3) is 3.29. The third-order valence-corrected chi connectivity index (χ3v) is 4.46. The fraction of sp³-hybridized carbons (Fsp3) is 0.167. The first-order chi connectivity index (χ1) is 7.25. The van der Waals surface area contributed by atoms with Gasteiger partial charge in [0.25, 0.3) is 0 Å². The van der Waals surface area contributed by atoms with Crippen LogP contribution in [0.4, 0.5) is 0 Å². The molecule has 78 valence electrons. The Kier molecular flexibility index (Phi) is 4.22. The normalized spacial score (nSPS) is 12.7. The van der Waals surface area contributed by atoms with E-state index in [0.29, 0.717) is 4.83 Å². The van der Waals surface area contributed by atoms with Gasteiger partial charge in [0.05, 0.1) is 0 Å². The van der Waals surface area contributed by atoms with E-state index in [9.17, 15) is 0 Å². The van der Waals surface area contributed by atoms with Gasteiger partial charge in [-0.3, -0.25) is 0 Å². The fourth-order valence-corrected chi connectivity index (χ4v) is 3.34. The summed E-state index contributed by atoms with van der Waals surface area (Å²) in [4.78, 5) is 0.418. The molecule has 1 heterocycles. The Labute approximate surface area is 116 Å². The summed E-state index contributed by atoms with van der Waals surface area (Å²) in [6.07, 6.45) is 1.06. The van der Waals surface area contributed by atoms with Gasteiger partial charge >= 0.3 is 0 Å². The smallest absolute Gasteiger partial charge is 0.0436 e. The minimum Gasteiger partial charge on any atom is -0.152 e. The summed E-state index contributed by atoms with van der Waals surface area (Å²) in [6, 6.07) is 10.8. The molecule has 0 aliphatic heterocycles. The van der Waals surface area contributed by atoms with Gasteiger partial charge in [-0.15, -0.1) is 0 Å². The topological polar surface area (TPSA) is 0 Å². The van der Waals surface area contributed by atoms with Gasteiger partial charge in [-0.2, -0.15) is 11.3 Å². The number of thiophene rings is 1. The number of halogens is 2. The van der Waals surface area contributed by atoms with E-state index in [4.69, 9.17) is 0 Å². The lowest BCUT2D eigenvalue weighted by Gasteiger charge is -2.09. The number of hydrogen-bond acceptors (Lipinski definition) is 1. The molecular formula is C12H10BrIS. The molecule has 0 aliphatic rings. The van der Waals surface area contributed by atoms with Crippen molar-refractivity contribution in [3.63, 3.8) is 0 Å². The summed E-state index contributed by atoms with van der Waals surface area (Å²) in [5, 5.41) is 4.34. The van der Waals surface area contributed by atoms with Crippen LogP contribution in [0.25, 0.3) is 0 Å². The maximum atomic E-state index is 3.74. The second kappa shape index (κ2) is 5.46. The molecule has 0 aliphatic carbocycles. The lowest BCUT2D eigenvalue weighted by atomic mass is 10.1. The minimum absolute atomic E-state index is 0.418. The van der Waals surface area contributed by atoms with Crippen LogP contribution in [0.3, 0.4) is 0 Å². The molecule has 0 spiro atoms. The SMILES string of the molecule is BrC(Cc1ccsc1)c1cccc(I)c1. The highest BCUT2D eigenvalue weighted by Gasteiger charge is 2.08. The summed E-state index contributed by atoms with van der Waals surface area (Å²) in [5.74, 6) is 0. The van der Waals surface area contributed by atoms with E-state index >= 15 is 0 Å². The molecule has 1 aromatic carbocycles. The Balaban J connectivity index is 2.11. The second-order valence-corrected chi connectivity index (χ2v) is 6.49. The first-order valence-corrected chi connectivity index (χ1v) is 7.60. The zero-order valence-corrected chi connectivity index (χ0v) is 12.6. The van der Waals surface area contributed by atoms with Crippen molar-refractivity contribution >= 4 is 49.9 Å². The standard InChI is InChI=1S/C12H10BrIS/c13-12(6-9-4-5-15-8-9)10-2-1-3-11(14)7-10/h1-5,7-8,12H,6H2. The van der Waals surface area contributed by atoms with Crippen molar-refractivity contribution in [2.45, 2.75) is 11.2 Å². The van der Waals surface area contributed by atoms with Crippen LogP contribution in [-0.4, -0.2) is 0 Å². The van der Waals surface area contributed by atoms with Crippen LogP contribution in [0.5, 0.6) is 0 Å². The van der Waals surface area contributed by atoms with Crippen molar-refractivity contribution in [1.82, 2.24) is 0 Å². The molecule has 0 nitrogen and oxygen atoms in total. The van der Waals surface area contributed by atoms with E-state index in [1.165, 1.54) is 14.7 Å². The predicted molar refractivity (Wildman–Crippen MR) is 78.9 cm³/mol. The second-order valence-electron chi connectivity index (χ2n) is 3.36. The van der Waals surface area contributed by atoms with Gasteiger partial charge in [-0.25, -0.2) is 0 Å². The van der Waals surface area contributed by atoms with E-state index in [1.807, 2.05) is 0 Å². The first-order valence-electron chi connectivity index (χ1n) is 4.66. The zero-order valence-electron chi connectivity index (χ0n) is 7.99. The van der Waals surface area contributed by atoms with Gasteiger partial charge in [0.2, 0.25) is 0 Å². The van der Waals surface area contributed by atoms with Crippen LogP contribution in [0.15, 0.2) is 41.1 Å². The number of alkyl halides is 1. The van der Waals surface area contributed by atoms with E-state index in [2.05, 4.69) is 79.6 Å². The van der Waals surface area contributed by atoms with Crippen LogP contribution in [0, 0.1) is 3.57 Å². The Hall–Kier alpha value is 0.130. The predicted octanol–water partition coefficient (Wildman–Crippen LogP) is 5.03. The molecule has 15 heavy (non-hydrogen) atoms. The summed E-state index contributed by atoms with van der Waals surface area (Å²) in [5.41, 5.74) is 2.76. The van der Waals surface area contributed by atoms with Gasteiger partial charge in [-0.05, 0) is 69.1 Å². The monoisotopic (exact) mass is 392 g/mol. The molecule has 3 heteroatoms. The van der Waals surface area contributed by atoms with E-state index in [1.54, 1.807) is 11.3 Å². The fourth-order valence-electron chi connectivity index (χ4n) is 1.44. The van der Waals surface area contributed by atoms with Crippen LogP contribution in [-0.2, 0) is 6.42 Å². The Morgan fingerprint density at radius 2 is 2.20 bits per heavy atom.